The van der Waals surface area contributed by atoms with E-state index in [1.54, 1.807) is 18.3 Å². The number of carbonyl (C=O) groups is 1. The van der Waals surface area contributed by atoms with Crippen LogP contribution in [0, 0.1) is 5.92 Å². The van der Waals surface area contributed by atoms with Crippen molar-refractivity contribution in [2.45, 2.75) is 12.8 Å². The molecule has 1 saturated heterocycles. The fourth-order valence-corrected chi connectivity index (χ4v) is 3.50. The molecule has 1 aliphatic heterocycles. The van der Waals surface area contributed by atoms with Gasteiger partial charge in [0.15, 0.2) is 0 Å². The van der Waals surface area contributed by atoms with Crippen molar-refractivity contribution in [3.63, 3.8) is 0 Å². The molecule has 0 bridgehead atoms. The van der Waals surface area contributed by atoms with Gasteiger partial charge in [0.05, 0.1) is 23.1 Å². The highest BCUT2D eigenvalue weighted by Crippen LogP contribution is 2.24. The lowest BCUT2D eigenvalue weighted by Gasteiger charge is -2.32. The molecule has 26 heavy (non-hydrogen) atoms. The predicted molar refractivity (Wildman–Crippen MR) is 105 cm³/mol. The standard InChI is InChI=1S/C20H19ClN4O/c21-15-6-3-7-16(11-15)23-20(26)14-5-4-10-25(13-14)19-12-22-17-8-1-2-9-18(17)24-19/h1-3,6-9,11-12,14H,4-5,10,13H2,(H,23,26)/t14-/m1/s1. The van der Waals surface area contributed by atoms with Gasteiger partial charge in [-0.25, -0.2) is 4.98 Å². The maximum atomic E-state index is 12.7. The van der Waals surface area contributed by atoms with Crippen LogP contribution in [0.1, 0.15) is 12.8 Å². The summed E-state index contributed by atoms with van der Waals surface area (Å²) in [6.07, 6.45) is 3.60. The number of nitrogens with zero attached hydrogens (tertiary/aromatic N) is 3. The fourth-order valence-electron chi connectivity index (χ4n) is 3.31. The van der Waals surface area contributed by atoms with Crippen LogP contribution in [0.4, 0.5) is 11.5 Å². The molecule has 5 nitrogen and oxygen atoms in total. The first-order valence-electron chi connectivity index (χ1n) is 8.72. The van der Waals surface area contributed by atoms with Crippen molar-refractivity contribution in [1.29, 1.82) is 0 Å². The van der Waals surface area contributed by atoms with Gasteiger partial charge >= 0.3 is 0 Å². The normalized spacial score (nSPS) is 17.3. The Labute approximate surface area is 157 Å². The molecule has 1 aliphatic rings. The van der Waals surface area contributed by atoms with Crippen molar-refractivity contribution in [3.05, 3.63) is 59.8 Å². The first kappa shape index (κ1) is 16.8. The number of carbonyl (C=O) groups excluding carboxylic acids is 1. The molecular formula is C20H19ClN4O. The molecule has 3 aromatic rings. The van der Waals surface area contributed by atoms with E-state index in [-0.39, 0.29) is 11.8 Å². The van der Waals surface area contributed by atoms with Crippen molar-refractivity contribution in [3.8, 4) is 0 Å². The van der Waals surface area contributed by atoms with Gasteiger partial charge in [-0.15, -0.1) is 0 Å². The summed E-state index contributed by atoms with van der Waals surface area (Å²) in [7, 11) is 0. The number of benzene rings is 2. The highest BCUT2D eigenvalue weighted by atomic mass is 35.5. The van der Waals surface area contributed by atoms with E-state index < -0.39 is 0 Å². The number of hydrogen-bond acceptors (Lipinski definition) is 4. The average Bonchev–Trinajstić information content (AvgIpc) is 2.68. The van der Waals surface area contributed by atoms with Crippen molar-refractivity contribution in [2.24, 2.45) is 5.92 Å². The minimum atomic E-state index is -0.0870. The maximum absolute atomic E-state index is 12.7. The van der Waals surface area contributed by atoms with E-state index in [9.17, 15) is 4.79 Å². The first-order valence-corrected chi connectivity index (χ1v) is 9.10. The summed E-state index contributed by atoms with van der Waals surface area (Å²) in [6.45, 7) is 1.52. The topological polar surface area (TPSA) is 58.1 Å². The number of amides is 1. The van der Waals surface area contributed by atoms with Gasteiger partial charge in [0.1, 0.15) is 5.82 Å². The maximum Gasteiger partial charge on any atom is 0.229 e. The van der Waals surface area contributed by atoms with Crippen LogP contribution >= 0.6 is 11.6 Å². The summed E-state index contributed by atoms with van der Waals surface area (Å²) in [5.74, 6) is 0.755. The summed E-state index contributed by atoms with van der Waals surface area (Å²) in [5, 5.41) is 3.58. The molecule has 0 unspecified atom stereocenters. The quantitative estimate of drug-likeness (QED) is 0.756. The zero-order valence-corrected chi connectivity index (χ0v) is 15.0. The van der Waals surface area contributed by atoms with Crippen LogP contribution in [0.25, 0.3) is 11.0 Å². The number of para-hydroxylation sites is 2. The van der Waals surface area contributed by atoms with Crippen molar-refractivity contribution in [1.82, 2.24) is 9.97 Å². The Bertz CT molecular complexity index is 946. The highest BCUT2D eigenvalue weighted by molar-refractivity contribution is 6.30. The number of hydrogen-bond donors (Lipinski definition) is 1. The number of rotatable bonds is 3. The number of anilines is 2. The Balaban J connectivity index is 1.48. The third kappa shape index (κ3) is 3.63. The number of piperidine rings is 1. The third-order valence-corrected chi connectivity index (χ3v) is 4.88. The third-order valence-electron chi connectivity index (χ3n) is 4.64. The van der Waals surface area contributed by atoms with E-state index >= 15 is 0 Å². The van der Waals surface area contributed by atoms with Crippen molar-refractivity contribution in [2.75, 3.05) is 23.3 Å². The van der Waals surface area contributed by atoms with E-state index in [0.717, 1.165) is 41.9 Å². The van der Waals surface area contributed by atoms with Crippen LogP contribution in [0.2, 0.25) is 5.02 Å². The highest BCUT2D eigenvalue weighted by Gasteiger charge is 2.27. The van der Waals surface area contributed by atoms with Crippen molar-refractivity contribution >= 4 is 40.0 Å². The molecule has 0 aliphatic carbocycles. The van der Waals surface area contributed by atoms with Crippen LogP contribution < -0.4 is 10.2 Å². The van der Waals surface area contributed by atoms with Crippen LogP contribution in [-0.2, 0) is 4.79 Å². The molecule has 0 radical (unpaired) electrons. The molecule has 1 atom stereocenters. The van der Waals surface area contributed by atoms with Gasteiger partial charge < -0.3 is 10.2 Å². The average molecular weight is 367 g/mol. The number of halogens is 1. The van der Waals surface area contributed by atoms with Gasteiger partial charge in [-0.05, 0) is 43.2 Å². The van der Waals surface area contributed by atoms with Gasteiger partial charge in [-0.1, -0.05) is 29.8 Å². The SMILES string of the molecule is O=C(Nc1cccc(Cl)c1)[C@@H]1CCCN(c2cnc3ccccc3n2)C1. The van der Waals surface area contributed by atoms with E-state index in [1.165, 1.54) is 0 Å². The van der Waals surface area contributed by atoms with E-state index in [0.29, 0.717) is 11.6 Å². The minimum absolute atomic E-state index is 0.0192. The van der Waals surface area contributed by atoms with E-state index in [1.807, 2.05) is 36.4 Å². The Morgan fingerprint density at radius 1 is 1.15 bits per heavy atom. The zero-order chi connectivity index (χ0) is 17.9. The zero-order valence-electron chi connectivity index (χ0n) is 14.2. The van der Waals surface area contributed by atoms with Crippen molar-refractivity contribution < 1.29 is 4.79 Å². The molecule has 2 aromatic carbocycles. The molecule has 6 heteroatoms. The lowest BCUT2D eigenvalue weighted by Crippen LogP contribution is -2.41. The summed E-state index contributed by atoms with van der Waals surface area (Å²) < 4.78 is 0. The van der Waals surface area contributed by atoms with E-state index in [4.69, 9.17) is 16.6 Å². The van der Waals surface area contributed by atoms with Crippen LogP contribution in [0.5, 0.6) is 0 Å². The molecule has 0 saturated carbocycles. The van der Waals surface area contributed by atoms with Gasteiger partial charge in [0.25, 0.3) is 0 Å². The molecule has 0 spiro atoms. The lowest BCUT2D eigenvalue weighted by molar-refractivity contribution is -0.120. The fraction of sp³-hybridized carbons (Fsp3) is 0.250. The Kier molecular flexibility index (Phi) is 4.71. The Morgan fingerprint density at radius 2 is 2.00 bits per heavy atom. The molecule has 132 valence electrons. The predicted octanol–water partition coefficient (Wildman–Crippen LogP) is 4.14. The Hall–Kier alpha value is -2.66. The molecule has 1 aromatic heterocycles. The van der Waals surface area contributed by atoms with E-state index in [2.05, 4.69) is 15.2 Å². The van der Waals surface area contributed by atoms with Crippen LogP contribution in [-0.4, -0.2) is 29.0 Å². The number of fused-ring (bicyclic) bond motifs is 1. The molecule has 4 rings (SSSR count). The largest absolute Gasteiger partial charge is 0.355 e. The minimum Gasteiger partial charge on any atom is -0.355 e. The molecule has 1 fully saturated rings. The second kappa shape index (κ2) is 7.30. The monoisotopic (exact) mass is 366 g/mol. The smallest absolute Gasteiger partial charge is 0.229 e. The molecular weight excluding hydrogens is 348 g/mol. The lowest BCUT2D eigenvalue weighted by atomic mass is 9.97. The van der Waals surface area contributed by atoms with Gasteiger partial charge in [0, 0.05) is 23.8 Å². The number of aromatic nitrogens is 2. The molecule has 1 N–H and O–H groups in total. The summed E-state index contributed by atoms with van der Waals surface area (Å²) in [6, 6.07) is 15.0. The van der Waals surface area contributed by atoms with Gasteiger partial charge in [0.2, 0.25) is 5.91 Å². The van der Waals surface area contributed by atoms with Gasteiger partial charge in [-0.2, -0.15) is 0 Å². The molecule has 2 heterocycles. The summed E-state index contributed by atoms with van der Waals surface area (Å²) >= 11 is 5.99. The van der Waals surface area contributed by atoms with Gasteiger partial charge in [-0.3, -0.25) is 9.78 Å². The summed E-state index contributed by atoms with van der Waals surface area (Å²) in [5.41, 5.74) is 2.48. The Morgan fingerprint density at radius 3 is 2.85 bits per heavy atom. The first-order chi connectivity index (χ1) is 12.7. The second-order valence-electron chi connectivity index (χ2n) is 6.50. The number of nitrogens with one attached hydrogen (secondary N) is 1. The summed E-state index contributed by atoms with van der Waals surface area (Å²) in [4.78, 5) is 24.0. The van der Waals surface area contributed by atoms with Crippen LogP contribution in [0.15, 0.2) is 54.7 Å². The van der Waals surface area contributed by atoms with Crippen LogP contribution in [0.3, 0.4) is 0 Å². The molecule has 1 amide bonds. The second-order valence-corrected chi connectivity index (χ2v) is 6.94.